The summed E-state index contributed by atoms with van der Waals surface area (Å²) in [5.74, 6) is -0.961. The molecular formula is C17H21N3O2. The van der Waals surface area contributed by atoms with Gasteiger partial charge in [-0.25, -0.2) is 0 Å². The van der Waals surface area contributed by atoms with Crippen LogP contribution in [0, 0.1) is 0 Å². The molecular weight excluding hydrogens is 278 g/mol. The summed E-state index contributed by atoms with van der Waals surface area (Å²) < 4.78 is 1.95. The van der Waals surface area contributed by atoms with Gasteiger partial charge in [0.25, 0.3) is 0 Å². The molecule has 116 valence electrons. The van der Waals surface area contributed by atoms with Crippen LogP contribution in [-0.4, -0.2) is 26.9 Å². The molecule has 22 heavy (non-hydrogen) atoms. The van der Waals surface area contributed by atoms with Crippen molar-refractivity contribution in [2.75, 3.05) is 0 Å². The molecule has 0 saturated carbocycles. The second kappa shape index (κ2) is 6.32. The third-order valence-electron chi connectivity index (χ3n) is 4.25. The first-order chi connectivity index (χ1) is 10.6. The summed E-state index contributed by atoms with van der Waals surface area (Å²) >= 11 is 0. The Morgan fingerprint density at radius 1 is 1.27 bits per heavy atom. The SMILES string of the molecule is N[C@@H](Cc1c2c(nn1Cc1ccccc1)CCCC2)C(=O)O. The van der Waals surface area contributed by atoms with E-state index in [2.05, 4.69) is 12.1 Å². The highest BCUT2D eigenvalue weighted by atomic mass is 16.4. The van der Waals surface area contributed by atoms with Crippen LogP contribution in [0.1, 0.15) is 35.4 Å². The van der Waals surface area contributed by atoms with Crippen molar-refractivity contribution in [3.05, 3.63) is 52.8 Å². The Kier molecular flexibility index (Phi) is 4.24. The summed E-state index contributed by atoms with van der Waals surface area (Å²) in [6.45, 7) is 0.662. The molecule has 2 aromatic rings. The number of hydrogen-bond acceptors (Lipinski definition) is 3. The predicted octanol–water partition coefficient (Wildman–Crippen LogP) is 1.76. The van der Waals surface area contributed by atoms with E-state index in [1.54, 1.807) is 0 Å². The summed E-state index contributed by atoms with van der Waals surface area (Å²) in [5, 5.41) is 13.8. The van der Waals surface area contributed by atoms with E-state index in [0.717, 1.165) is 42.6 Å². The molecule has 0 bridgehead atoms. The Balaban J connectivity index is 1.93. The number of benzene rings is 1. The number of aromatic nitrogens is 2. The van der Waals surface area contributed by atoms with Gasteiger partial charge in [-0.2, -0.15) is 5.10 Å². The van der Waals surface area contributed by atoms with Crippen LogP contribution in [0.3, 0.4) is 0 Å². The minimum atomic E-state index is -0.961. The van der Waals surface area contributed by atoms with E-state index >= 15 is 0 Å². The van der Waals surface area contributed by atoms with E-state index in [0.29, 0.717) is 13.0 Å². The molecule has 0 unspecified atom stereocenters. The van der Waals surface area contributed by atoms with E-state index in [-0.39, 0.29) is 0 Å². The van der Waals surface area contributed by atoms with Crippen LogP contribution in [-0.2, 0) is 30.6 Å². The van der Waals surface area contributed by atoms with Crippen molar-refractivity contribution in [2.24, 2.45) is 5.73 Å². The van der Waals surface area contributed by atoms with Gasteiger partial charge in [-0.3, -0.25) is 9.48 Å². The summed E-state index contributed by atoms with van der Waals surface area (Å²) in [4.78, 5) is 11.1. The third kappa shape index (κ3) is 3.04. The van der Waals surface area contributed by atoms with Gasteiger partial charge in [0.1, 0.15) is 6.04 Å². The first-order valence-electron chi connectivity index (χ1n) is 7.75. The van der Waals surface area contributed by atoms with Crippen LogP contribution in [0.5, 0.6) is 0 Å². The highest BCUT2D eigenvalue weighted by Crippen LogP contribution is 2.25. The van der Waals surface area contributed by atoms with E-state index < -0.39 is 12.0 Å². The Labute approximate surface area is 129 Å². The molecule has 5 heteroatoms. The summed E-state index contributed by atoms with van der Waals surface area (Å²) in [7, 11) is 0. The van der Waals surface area contributed by atoms with Crippen LogP contribution in [0.15, 0.2) is 30.3 Å². The number of fused-ring (bicyclic) bond motifs is 1. The number of hydrogen-bond donors (Lipinski definition) is 2. The molecule has 1 aliphatic carbocycles. The lowest BCUT2D eigenvalue weighted by molar-refractivity contribution is -0.138. The highest BCUT2D eigenvalue weighted by molar-refractivity contribution is 5.73. The topological polar surface area (TPSA) is 81.1 Å². The number of carboxylic acid groups (broad SMARTS) is 1. The first kappa shape index (κ1) is 14.8. The molecule has 1 heterocycles. The van der Waals surface area contributed by atoms with Crippen LogP contribution < -0.4 is 5.73 Å². The van der Waals surface area contributed by atoms with Crippen molar-refractivity contribution in [2.45, 2.75) is 44.7 Å². The quantitative estimate of drug-likeness (QED) is 0.881. The summed E-state index contributed by atoms with van der Waals surface area (Å²) in [6.07, 6.45) is 4.59. The summed E-state index contributed by atoms with van der Waals surface area (Å²) in [6, 6.07) is 9.22. The van der Waals surface area contributed by atoms with Crippen molar-refractivity contribution in [3.63, 3.8) is 0 Å². The first-order valence-corrected chi connectivity index (χ1v) is 7.75. The Morgan fingerprint density at radius 3 is 2.73 bits per heavy atom. The molecule has 0 spiro atoms. The molecule has 0 amide bonds. The zero-order valence-electron chi connectivity index (χ0n) is 12.5. The lowest BCUT2D eigenvalue weighted by Gasteiger charge is -2.14. The van der Waals surface area contributed by atoms with Gasteiger partial charge in [-0.15, -0.1) is 0 Å². The van der Waals surface area contributed by atoms with Crippen molar-refractivity contribution in [1.29, 1.82) is 0 Å². The molecule has 1 aromatic carbocycles. The number of carboxylic acids is 1. The fourth-order valence-corrected chi connectivity index (χ4v) is 3.08. The van der Waals surface area contributed by atoms with E-state index in [9.17, 15) is 4.79 Å². The van der Waals surface area contributed by atoms with Crippen LogP contribution in [0.4, 0.5) is 0 Å². The maximum absolute atomic E-state index is 11.1. The molecule has 1 aromatic heterocycles. The molecule has 1 aliphatic rings. The van der Waals surface area contributed by atoms with E-state index in [1.165, 1.54) is 5.56 Å². The Morgan fingerprint density at radius 2 is 2.00 bits per heavy atom. The predicted molar refractivity (Wildman–Crippen MR) is 83.7 cm³/mol. The number of nitrogens with zero attached hydrogens (tertiary/aromatic N) is 2. The Bertz CT molecular complexity index is 664. The van der Waals surface area contributed by atoms with Gasteiger partial charge >= 0.3 is 5.97 Å². The zero-order chi connectivity index (χ0) is 15.5. The maximum atomic E-state index is 11.1. The van der Waals surface area contributed by atoms with E-state index in [4.69, 9.17) is 15.9 Å². The largest absolute Gasteiger partial charge is 0.480 e. The molecule has 0 aliphatic heterocycles. The summed E-state index contributed by atoms with van der Waals surface area (Å²) in [5.41, 5.74) is 10.3. The zero-order valence-corrected chi connectivity index (χ0v) is 12.5. The lowest BCUT2D eigenvalue weighted by Crippen LogP contribution is -2.33. The van der Waals surface area contributed by atoms with Gasteiger partial charge in [0.05, 0.1) is 12.2 Å². The minimum Gasteiger partial charge on any atom is -0.480 e. The van der Waals surface area contributed by atoms with Crippen molar-refractivity contribution >= 4 is 5.97 Å². The average Bonchev–Trinajstić information content (AvgIpc) is 2.86. The van der Waals surface area contributed by atoms with Crippen LogP contribution in [0.25, 0.3) is 0 Å². The molecule has 0 saturated heterocycles. The third-order valence-corrected chi connectivity index (χ3v) is 4.25. The molecule has 3 N–H and O–H groups in total. The van der Waals surface area contributed by atoms with Gasteiger partial charge in [-0.05, 0) is 36.8 Å². The maximum Gasteiger partial charge on any atom is 0.320 e. The molecule has 0 fully saturated rings. The fraction of sp³-hybridized carbons (Fsp3) is 0.412. The average molecular weight is 299 g/mol. The van der Waals surface area contributed by atoms with Crippen LogP contribution in [0.2, 0.25) is 0 Å². The highest BCUT2D eigenvalue weighted by Gasteiger charge is 2.24. The molecule has 0 radical (unpaired) electrons. The van der Waals surface area contributed by atoms with Gasteiger partial charge in [0, 0.05) is 12.1 Å². The molecule has 1 atom stereocenters. The number of aryl methyl sites for hydroxylation is 1. The number of rotatable bonds is 5. The lowest BCUT2D eigenvalue weighted by atomic mass is 9.94. The van der Waals surface area contributed by atoms with Gasteiger partial charge in [0.2, 0.25) is 0 Å². The minimum absolute atomic E-state index is 0.338. The second-order valence-electron chi connectivity index (χ2n) is 5.87. The molecule has 3 rings (SSSR count). The van der Waals surface area contributed by atoms with E-state index in [1.807, 2.05) is 22.9 Å². The normalized spacial score (nSPS) is 15.3. The van der Waals surface area contributed by atoms with Crippen molar-refractivity contribution in [3.8, 4) is 0 Å². The van der Waals surface area contributed by atoms with Gasteiger partial charge in [0.15, 0.2) is 0 Å². The fourth-order valence-electron chi connectivity index (χ4n) is 3.08. The number of nitrogens with two attached hydrogens (primary N) is 1. The van der Waals surface area contributed by atoms with Crippen molar-refractivity contribution < 1.29 is 9.90 Å². The van der Waals surface area contributed by atoms with Gasteiger partial charge < -0.3 is 10.8 Å². The van der Waals surface area contributed by atoms with Crippen molar-refractivity contribution in [1.82, 2.24) is 9.78 Å². The monoisotopic (exact) mass is 299 g/mol. The smallest absolute Gasteiger partial charge is 0.320 e. The molecule has 5 nitrogen and oxygen atoms in total. The van der Waals surface area contributed by atoms with Crippen LogP contribution >= 0.6 is 0 Å². The second-order valence-corrected chi connectivity index (χ2v) is 5.87. The standard InChI is InChI=1S/C17H21N3O2/c18-14(17(21)22)10-16-13-8-4-5-9-15(13)19-20(16)11-12-6-2-1-3-7-12/h1-3,6-7,14H,4-5,8-11,18H2,(H,21,22)/t14-/m0/s1. The number of carbonyl (C=O) groups is 1. The Hall–Kier alpha value is -2.14. The number of aliphatic carboxylic acids is 1. The van der Waals surface area contributed by atoms with Gasteiger partial charge in [-0.1, -0.05) is 30.3 Å².